The predicted octanol–water partition coefficient (Wildman–Crippen LogP) is 2.44. The lowest BCUT2D eigenvalue weighted by atomic mass is 9.83. The Kier molecular flexibility index (Phi) is 5.23. The molecule has 0 aromatic carbocycles. The van der Waals surface area contributed by atoms with E-state index in [-0.39, 0.29) is 0 Å². The molecular formula is C14H26N2. The molecule has 0 bridgehead atoms. The fraction of sp³-hybridized carbons (Fsp3) is 0.714. The van der Waals surface area contributed by atoms with Crippen molar-refractivity contribution in [3.05, 3.63) is 24.3 Å². The Balaban J connectivity index is 2.26. The van der Waals surface area contributed by atoms with Crippen LogP contribution in [0.2, 0.25) is 0 Å². The van der Waals surface area contributed by atoms with Gasteiger partial charge < -0.3 is 5.32 Å². The van der Waals surface area contributed by atoms with Crippen LogP contribution in [0.15, 0.2) is 24.3 Å². The third-order valence-corrected chi connectivity index (χ3v) is 3.15. The van der Waals surface area contributed by atoms with Crippen molar-refractivity contribution in [1.29, 1.82) is 0 Å². The summed E-state index contributed by atoms with van der Waals surface area (Å²) in [7, 11) is 0. The SMILES string of the molecule is C=CCNCCN1CC=C(C(C)(C)C)CC1. The lowest BCUT2D eigenvalue weighted by Gasteiger charge is -2.32. The molecule has 0 atom stereocenters. The second-order valence-corrected chi connectivity index (χ2v) is 5.52. The van der Waals surface area contributed by atoms with Crippen molar-refractivity contribution in [1.82, 2.24) is 10.2 Å². The molecule has 0 unspecified atom stereocenters. The molecule has 92 valence electrons. The summed E-state index contributed by atoms with van der Waals surface area (Å²) in [6, 6.07) is 0. The van der Waals surface area contributed by atoms with Crippen LogP contribution in [0.4, 0.5) is 0 Å². The van der Waals surface area contributed by atoms with Crippen LogP contribution in [0.1, 0.15) is 27.2 Å². The molecule has 0 radical (unpaired) electrons. The molecule has 16 heavy (non-hydrogen) atoms. The molecule has 0 saturated carbocycles. The molecule has 1 heterocycles. The molecule has 0 aromatic rings. The molecule has 2 nitrogen and oxygen atoms in total. The summed E-state index contributed by atoms with van der Waals surface area (Å²) in [5, 5.41) is 3.34. The minimum atomic E-state index is 0.354. The smallest absolute Gasteiger partial charge is 0.0166 e. The number of hydrogen-bond acceptors (Lipinski definition) is 2. The van der Waals surface area contributed by atoms with E-state index in [0.29, 0.717) is 5.41 Å². The molecule has 1 N–H and O–H groups in total. The van der Waals surface area contributed by atoms with Gasteiger partial charge in [0.05, 0.1) is 0 Å². The maximum absolute atomic E-state index is 3.70. The first kappa shape index (κ1) is 13.5. The zero-order valence-electron chi connectivity index (χ0n) is 11.1. The van der Waals surface area contributed by atoms with Gasteiger partial charge in [0.1, 0.15) is 0 Å². The highest BCUT2D eigenvalue weighted by atomic mass is 15.1. The fourth-order valence-electron chi connectivity index (χ4n) is 2.04. The second kappa shape index (κ2) is 6.21. The van der Waals surface area contributed by atoms with Crippen molar-refractivity contribution in [2.24, 2.45) is 5.41 Å². The molecule has 1 rings (SSSR count). The van der Waals surface area contributed by atoms with E-state index in [1.165, 1.54) is 13.0 Å². The van der Waals surface area contributed by atoms with Gasteiger partial charge in [-0.15, -0.1) is 6.58 Å². The average Bonchev–Trinajstić information content (AvgIpc) is 2.24. The summed E-state index contributed by atoms with van der Waals surface area (Å²) in [6.07, 6.45) is 5.55. The van der Waals surface area contributed by atoms with E-state index in [0.717, 1.165) is 26.2 Å². The first-order valence-corrected chi connectivity index (χ1v) is 6.27. The number of nitrogens with zero attached hydrogens (tertiary/aromatic N) is 1. The largest absolute Gasteiger partial charge is 0.312 e. The van der Waals surface area contributed by atoms with Crippen LogP contribution in [-0.4, -0.2) is 37.6 Å². The lowest BCUT2D eigenvalue weighted by Crippen LogP contribution is -2.36. The molecule has 0 amide bonds. The standard InChI is InChI=1S/C14H26N2/c1-5-8-15-9-12-16-10-6-13(7-11-16)14(2,3)4/h5-6,15H,1,7-12H2,2-4H3. The van der Waals surface area contributed by atoms with Gasteiger partial charge in [-0.2, -0.15) is 0 Å². The highest BCUT2D eigenvalue weighted by Gasteiger charge is 2.20. The fourth-order valence-corrected chi connectivity index (χ4v) is 2.04. The van der Waals surface area contributed by atoms with Crippen LogP contribution in [-0.2, 0) is 0 Å². The van der Waals surface area contributed by atoms with E-state index >= 15 is 0 Å². The Bertz CT molecular complexity index is 248. The third-order valence-electron chi connectivity index (χ3n) is 3.15. The van der Waals surface area contributed by atoms with Crippen molar-refractivity contribution in [3.8, 4) is 0 Å². The van der Waals surface area contributed by atoms with Crippen molar-refractivity contribution in [2.75, 3.05) is 32.7 Å². The first-order chi connectivity index (χ1) is 7.54. The van der Waals surface area contributed by atoms with Crippen LogP contribution < -0.4 is 5.32 Å². The highest BCUT2D eigenvalue weighted by molar-refractivity contribution is 5.14. The third kappa shape index (κ3) is 4.50. The molecular weight excluding hydrogens is 196 g/mol. The summed E-state index contributed by atoms with van der Waals surface area (Å²) in [5.41, 5.74) is 1.97. The van der Waals surface area contributed by atoms with E-state index in [4.69, 9.17) is 0 Å². The van der Waals surface area contributed by atoms with Crippen LogP contribution in [0, 0.1) is 5.41 Å². The molecule has 1 aliphatic heterocycles. The molecule has 1 aliphatic rings. The summed E-state index contributed by atoms with van der Waals surface area (Å²) >= 11 is 0. The molecule has 2 heteroatoms. The topological polar surface area (TPSA) is 15.3 Å². The molecule has 0 saturated heterocycles. The maximum Gasteiger partial charge on any atom is 0.0166 e. The Morgan fingerprint density at radius 1 is 1.50 bits per heavy atom. The number of nitrogens with one attached hydrogen (secondary N) is 1. The average molecular weight is 222 g/mol. The number of hydrogen-bond donors (Lipinski definition) is 1. The van der Waals surface area contributed by atoms with E-state index in [1.54, 1.807) is 5.57 Å². The quantitative estimate of drug-likeness (QED) is 0.568. The first-order valence-electron chi connectivity index (χ1n) is 6.27. The highest BCUT2D eigenvalue weighted by Crippen LogP contribution is 2.29. The summed E-state index contributed by atoms with van der Waals surface area (Å²) in [6.45, 7) is 16.0. The van der Waals surface area contributed by atoms with Gasteiger partial charge in [-0.25, -0.2) is 0 Å². The monoisotopic (exact) mass is 222 g/mol. The van der Waals surface area contributed by atoms with Crippen molar-refractivity contribution in [3.63, 3.8) is 0 Å². The maximum atomic E-state index is 3.70. The zero-order valence-corrected chi connectivity index (χ0v) is 11.1. The normalized spacial score (nSPS) is 18.3. The van der Waals surface area contributed by atoms with Crippen LogP contribution in [0.25, 0.3) is 0 Å². The molecule has 0 aliphatic carbocycles. The summed E-state index contributed by atoms with van der Waals surface area (Å²) in [4.78, 5) is 2.51. The van der Waals surface area contributed by atoms with Gasteiger partial charge in [0.15, 0.2) is 0 Å². The van der Waals surface area contributed by atoms with Crippen LogP contribution in [0.3, 0.4) is 0 Å². The molecule has 0 spiro atoms. The lowest BCUT2D eigenvalue weighted by molar-refractivity contribution is 0.279. The van der Waals surface area contributed by atoms with E-state index in [1.807, 2.05) is 6.08 Å². The molecule has 0 aromatic heterocycles. The van der Waals surface area contributed by atoms with Gasteiger partial charge in [-0.1, -0.05) is 38.5 Å². The summed E-state index contributed by atoms with van der Waals surface area (Å²) < 4.78 is 0. The van der Waals surface area contributed by atoms with E-state index in [9.17, 15) is 0 Å². The van der Waals surface area contributed by atoms with E-state index in [2.05, 4.69) is 43.6 Å². The number of rotatable bonds is 5. The Morgan fingerprint density at radius 2 is 2.25 bits per heavy atom. The Morgan fingerprint density at radius 3 is 2.75 bits per heavy atom. The zero-order chi connectivity index (χ0) is 12.0. The predicted molar refractivity (Wildman–Crippen MR) is 71.7 cm³/mol. The van der Waals surface area contributed by atoms with E-state index < -0.39 is 0 Å². The van der Waals surface area contributed by atoms with Gasteiger partial charge >= 0.3 is 0 Å². The minimum Gasteiger partial charge on any atom is -0.312 e. The van der Waals surface area contributed by atoms with Gasteiger partial charge in [-0.05, 0) is 11.8 Å². The van der Waals surface area contributed by atoms with Gasteiger partial charge in [0.2, 0.25) is 0 Å². The van der Waals surface area contributed by atoms with Crippen molar-refractivity contribution < 1.29 is 0 Å². The van der Waals surface area contributed by atoms with Gasteiger partial charge in [0.25, 0.3) is 0 Å². The van der Waals surface area contributed by atoms with Crippen molar-refractivity contribution in [2.45, 2.75) is 27.2 Å². The second-order valence-electron chi connectivity index (χ2n) is 5.52. The summed E-state index contributed by atoms with van der Waals surface area (Å²) in [5.74, 6) is 0. The van der Waals surface area contributed by atoms with Crippen molar-refractivity contribution >= 4 is 0 Å². The van der Waals surface area contributed by atoms with Gasteiger partial charge in [0, 0.05) is 32.7 Å². The minimum absolute atomic E-state index is 0.354. The Hall–Kier alpha value is -0.600. The van der Waals surface area contributed by atoms with Gasteiger partial charge in [-0.3, -0.25) is 4.90 Å². The van der Waals surface area contributed by atoms with Crippen LogP contribution in [0.5, 0.6) is 0 Å². The van der Waals surface area contributed by atoms with Crippen LogP contribution >= 0.6 is 0 Å². The molecule has 0 fully saturated rings. The Labute approximate surface area is 100 Å².